The Bertz CT molecular complexity index is 486. The van der Waals surface area contributed by atoms with Gasteiger partial charge >= 0.3 is 5.97 Å². The highest BCUT2D eigenvalue weighted by Crippen LogP contribution is 2.30. The summed E-state index contributed by atoms with van der Waals surface area (Å²) >= 11 is 0. The van der Waals surface area contributed by atoms with E-state index in [9.17, 15) is 14.0 Å². The fourth-order valence-corrected chi connectivity index (χ4v) is 2.46. The molecule has 1 heterocycles. The standard InChI is InChI=1S/C14H16FNO3/c1-9(10-3-5-11(15)6-4-10)16-12(14(18)19-2)7-8-13(16)17/h3-6,9,12H,7-8H2,1-2H3. The Balaban J connectivity index is 2.24. The maximum Gasteiger partial charge on any atom is 0.328 e. The molecule has 2 unspecified atom stereocenters. The van der Waals surface area contributed by atoms with Gasteiger partial charge in [-0.15, -0.1) is 0 Å². The Labute approximate surface area is 111 Å². The number of ether oxygens (including phenoxy) is 1. The fourth-order valence-electron chi connectivity index (χ4n) is 2.46. The van der Waals surface area contributed by atoms with Gasteiger partial charge < -0.3 is 9.64 Å². The van der Waals surface area contributed by atoms with Crippen LogP contribution in [-0.4, -0.2) is 29.9 Å². The SMILES string of the molecule is COC(=O)C1CCC(=O)N1C(C)c1ccc(F)cc1. The van der Waals surface area contributed by atoms with Crippen LogP contribution in [0.15, 0.2) is 24.3 Å². The normalized spacial score (nSPS) is 20.5. The van der Waals surface area contributed by atoms with Crippen molar-refractivity contribution < 1.29 is 18.7 Å². The number of hydrogen-bond acceptors (Lipinski definition) is 3. The van der Waals surface area contributed by atoms with Crippen LogP contribution >= 0.6 is 0 Å². The van der Waals surface area contributed by atoms with Gasteiger partial charge in [-0.2, -0.15) is 0 Å². The number of likely N-dealkylation sites (tertiary alicyclic amines) is 1. The molecule has 1 amide bonds. The number of methoxy groups -OCH3 is 1. The molecular weight excluding hydrogens is 249 g/mol. The number of halogens is 1. The molecule has 1 saturated heterocycles. The third kappa shape index (κ3) is 2.59. The largest absolute Gasteiger partial charge is 0.467 e. The molecular formula is C14H16FNO3. The number of esters is 1. The van der Waals surface area contributed by atoms with Crippen LogP contribution in [0.3, 0.4) is 0 Å². The lowest BCUT2D eigenvalue weighted by atomic mass is 10.1. The van der Waals surface area contributed by atoms with Crippen molar-refractivity contribution in [2.75, 3.05) is 7.11 Å². The highest BCUT2D eigenvalue weighted by Gasteiger charge is 2.39. The number of carbonyl (C=O) groups is 2. The molecule has 5 heteroatoms. The summed E-state index contributed by atoms with van der Waals surface area (Å²) in [5, 5.41) is 0. The molecule has 0 radical (unpaired) electrons. The molecule has 0 saturated carbocycles. The smallest absolute Gasteiger partial charge is 0.328 e. The average Bonchev–Trinajstić information content (AvgIpc) is 2.80. The van der Waals surface area contributed by atoms with Gasteiger partial charge in [0.1, 0.15) is 11.9 Å². The second-order valence-corrected chi connectivity index (χ2v) is 4.61. The lowest BCUT2D eigenvalue weighted by Crippen LogP contribution is -2.40. The molecule has 0 N–H and O–H groups in total. The van der Waals surface area contributed by atoms with E-state index in [-0.39, 0.29) is 17.8 Å². The van der Waals surface area contributed by atoms with Crippen molar-refractivity contribution in [3.63, 3.8) is 0 Å². The molecule has 1 aliphatic heterocycles. The van der Waals surface area contributed by atoms with E-state index in [0.29, 0.717) is 12.8 Å². The maximum absolute atomic E-state index is 12.9. The van der Waals surface area contributed by atoms with Crippen molar-refractivity contribution in [1.82, 2.24) is 4.90 Å². The van der Waals surface area contributed by atoms with Gasteiger partial charge in [-0.05, 0) is 31.0 Å². The first kappa shape index (κ1) is 13.5. The van der Waals surface area contributed by atoms with Gasteiger partial charge in [-0.25, -0.2) is 9.18 Å². The Morgan fingerprint density at radius 2 is 2.05 bits per heavy atom. The number of hydrogen-bond donors (Lipinski definition) is 0. The predicted octanol–water partition coefficient (Wildman–Crippen LogP) is 2.05. The van der Waals surface area contributed by atoms with Gasteiger partial charge in [-0.3, -0.25) is 4.79 Å². The topological polar surface area (TPSA) is 46.6 Å². The second-order valence-electron chi connectivity index (χ2n) is 4.61. The van der Waals surface area contributed by atoms with E-state index in [1.165, 1.54) is 24.1 Å². The number of amides is 1. The first-order chi connectivity index (χ1) is 9.04. The molecule has 1 aliphatic rings. The summed E-state index contributed by atoms with van der Waals surface area (Å²) in [6.45, 7) is 1.83. The third-order valence-corrected chi connectivity index (χ3v) is 3.50. The second kappa shape index (κ2) is 5.38. The maximum atomic E-state index is 12.9. The van der Waals surface area contributed by atoms with Gasteiger partial charge in [0, 0.05) is 6.42 Å². The Hall–Kier alpha value is -1.91. The molecule has 0 aromatic heterocycles. The van der Waals surface area contributed by atoms with E-state index in [1.54, 1.807) is 12.1 Å². The van der Waals surface area contributed by atoms with E-state index < -0.39 is 12.0 Å². The number of carbonyl (C=O) groups excluding carboxylic acids is 2. The van der Waals surface area contributed by atoms with Gasteiger partial charge in [-0.1, -0.05) is 12.1 Å². The first-order valence-corrected chi connectivity index (χ1v) is 6.19. The summed E-state index contributed by atoms with van der Waals surface area (Å²) in [7, 11) is 1.31. The molecule has 2 rings (SSSR count). The Morgan fingerprint density at radius 1 is 1.42 bits per heavy atom. The molecule has 1 aromatic rings. The molecule has 0 bridgehead atoms. The van der Waals surface area contributed by atoms with Crippen molar-refractivity contribution in [3.8, 4) is 0 Å². The summed E-state index contributed by atoms with van der Waals surface area (Å²) in [5.41, 5.74) is 0.797. The monoisotopic (exact) mass is 265 g/mol. The summed E-state index contributed by atoms with van der Waals surface area (Å²) in [5.74, 6) is -0.805. The Morgan fingerprint density at radius 3 is 2.63 bits per heavy atom. The van der Waals surface area contributed by atoms with E-state index in [0.717, 1.165) is 5.56 Å². The van der Waals surface area contributed by atoms with Crippen LogP contribution in [-0.2, 0) is 14.3 Å². The molecule has 19 heavy (non-hydrogen) atoms. The summed E-state index contributed by atoms with van der Waals surface area (Å²) in [6.07, 6.45) is 0.808. The molecule has 1 fully saturated rings. The van der Waals surface area contributed by atoms with E-state index >= 15 is 0 Å². The lowest BCUT2D eigenvalue weighted by Gasteiger charge is -2.29. The fraction of sp³-hybridized carbons (Fsp3) is 0.429. The highest BCUT2D eigenvalue weighted by molar-refractivity contribution is 5.88. The van der Waals surface area contributed by atoms with Crippen molar-refractivity contribution >= 4 is 11.9 Å². The van der Waals surface area contributed by atoms with Crippen LogP contribution in [0.4, 0.5) is 4.39 Å². The van der Waals surface area contributed by atoms with Crippen LogP contribution < -0.4 is 0 Å². The molecule has 1 aromatic carbocycles. The van der Waals surface area contributed by atoms with Crippen LogP contribution in [0.2, 0.25) is 0 Å². The molecule has 0 aliphatic carbocycles. The van der Waals surface area contributed by atoms with Crippen molar-refractivity contribution in [3.05, 3.63) is 35.6 Å². The minimum absolute atomic E-state index is 0.0766. The average molecular weight is 265 g/mol. The molecule has 0 spiro atoms. The van der Waals surface area contributed by atoms with E-state index in [1.807, 2.05) is 6.92 Å². The Kier molecular flexibility index (Phi) is 3.83. The minimum Gasteiger partial charge on any atom is -0.467 e. The third-order valence-electron chi connectivity index (χ3n) is 3.50. The molecule has 2 atom stereocenters. The van der Waals surface area contributed by atoms with Crippen LogP contribution in [0, 0.1) is 5.82 Å². The van der Waals surface area contributed by atoms with Gasteiger partial charge in [0.05, 0.1) is 13.2 Å². The van der Waals surface area contributed by atoms with E-state index in [2.05, 4.69) is 0 Å². The van der Waals surface area contributed by atoms with Crippen LogP contribution in [0.5, 0.6) is 0 Å². The van der Waals surface area contributed by atoms with Crippen molar-refractivity contribution in [1.29, 1.82) is 0 Å². The highest BCUT2D eigenvalue weighted by atomic mass is 19.1. The zero-order valence-corrected chi connectivity index (χ0v) is 10.9. The van der Waals surface area contributed by atoms with Crippen molar-refractivity contribution in [2.45, 2.75) is 31.8 Å². The zero-order chi connectivity index (χ0) is 14.0. The minimum atomic E-state index is -0.544. The molecule has 4 nitrogen and oxygen atoms in total. The predicted molar refractivity (Wildman–Crippen MR) is 66.7 cm³/mol. The van der Waals surface area contributed by atoms with Gasteiger partial charge in [0.25, 0.3) is 0 Å². The number of benzene rings is 1. The van der Waals surface area contributed by atoms with E-state index in [4.69, 9.17) is 4.74 Å². The first-order valence-electron chi connectivity index (χ1n) is 6.19. The number of nitrogens with zero attached hydrogens (tertiary/aromatic N) is 1. The van der Waals surface area contributed by atoms with Gasteiger partial charge in [0.15, 0.2) is 0 Å². The molecule has 102 valence electrons. The van der Waals surface area contributed by atoms with Crippen LogP contribution in [0.25, 0.3) is 0 Å². The summed E-state index contributed by atoms with van der Waals surface area (Å²) in [4.78, 5) is 25.1. The van der Waals surface area contributed by atoms with Crippen molar-refractivity contribution in [2.24, 2.45) is 0 Å². The lowest BCUT2D eigenvalue weighted by molar-refractivity contribution is -0.150. The summed E-state index contributed by atoms with van der Waals surface area (Å²) in [6, 6.07) is 5.12. The summed E-state index contributed by atoms with van der Waals surface area (Å²) < 4.78 is 17.6. The quantitative estimate of drug-likeness (QED) is 0.786. The zero-order valence-electron chi connectivity index (χ0n) is 10.9. The number of rotatable bonds is 3. The van der Waals surface area contributed by atoms with Gasteiger partial charge in [0.2, 0.25) is 5.91 Å². The van der Waals surface area contributed by atoms with Crippen LogP contribution in [0.1, 0.15) is 31.4 Å².